The molecule has 3 rings (SSSR count). The van der Waals surface area contributed by atoms with Gasteiger partial charge in [-0.15, -0.1) is 0 Å². The van der Waals surface area contributed by atoms with E-state index in [2.05, 4.69) is 25.4 Å². The largest absolute Gasteiger partial charge is 0.481 e. The van der Waals surface area contributed by atoms with Crippen molar-refractivity contribution in [1.82, 2.24) is 25.4 Å². The van der Waals surface area contributed by atoms with Crippen LogP contribution in [0.5, 0.6) is 5.88 Å². The van der Waals surface area contributed by atoms with E-state index >= 15 is 0 Å². The van der Waals surface area contributed by atoms with Gasteiger partial charge in [0.15, 0.2) is 0 Å². The second-order valence-electron chi connectivity index (χ2n) is 4.69. The number of hydrogen-bond donors (Lipinski definition) is 2. The molecule has 0 fully saturated rings. The van der Waals surface area contributed by atoms with Crippen LogP contribution in [0, 0.1) is 0 Å². The van der Waals surface area contributed by atoms with Crippen molar-refractivity contribution in [3.05, 3.63) is 58.5 Å². The van der Waals surface area contributed by atoms with Crippen LogP contribution in [0.3, 0.4) is 0 Å². The summed E-state index contributed by atoms with van der Waals surface area (Å²) in [6.07, 6.45) is 2.98. The molecule has 0 spiro atoms. The van der Waals surface area contributed by atoms with Gasteiger partial charge in [-0.05, 0) is 18.2 Å². The molecule has 24 heavy (non-hydrogen) atoms. The number of nitrogens with zero attached hydrogens (tertiary/aromatic N) is 3. The average molecular weight is 327 g/mol. The number of carbonyl (C=O) groups excluding carboxylic acids is 1. The summed E-state index contributed by atoms with van der Waals surface area (Å²) in [6.45, 7) is 0.0290. The number of aromatic nitrogens is 4. The molecule has 0 bridgehead atoms. The molecule has 0 aliphatic rings. The predicted octanol–water partition coefficient (Wildman–Crippen LogP) is 0.758. The molecule has 0 saturated heterocycles. The van der Waals surface area contributed by atoms with Gasteiger partial charge in [-0.25, -0.2) is 4.98 Å². The van der Waals surface area contributed by atoms with E-state index in [9.17, 15) is 9.59 Å². The molecule has 2 N–H and O–H groups in total. The van der Waals surface area contributed by atoms with Gasteiger partial charge in [0.05, 0.1) is 19.2 Å². The third-order valence-electron chi connectivity index (χ3n) is 3.13. The highest BCUT2D eigenvalue weighted by Gasteiger charge is 2.13. The number of rotatable bonds is 5. The summed E-state index contributed by atoms with van der Waals surface area (Å²) in [5.74, 6) is 0.341. The molecule has 0 aliphatic carbocycles. The minimum absolute atomic E-state index is 0.0290. The van der Waals surface area contributed by atoms with Crippen LogP contribution in [-0.2, 0) is 6.54 Å². The number of methoxy groups -OCH3 is 1. The maximum absolute atomic E-state index is 12.1. The lowest BCUT2D eigenvalue weighted by molar-refractivity contribution is 0.0945. The molecular weight excluding hydrogens is 314 g/mol. The highest BCUT2D eigenvalue weighted by Crippen LogP contribution is 2.11. The third kappa shape index (κ3) is 3.29. The van der Waals surface area contributed by atoms with E-state index in [4.69, 9.17) is 9.26 Å². The van der Waals surface area contributed by atoms with Gasteiger partial charge >= 0.3 is 0 Å². The highest BCUT2D eigenvalue weighted by atomic mass is 16.5. The number of pyridine rings is 2. The Bertz CT molecular complexity index is 918. The lowest BCUT2D eigenvalue weighted by Gasteiger charge is -2.03. The molecule has 0 aromatic carbocycles. The summed E-state index contributed by atoms with van der Waals surface area (Å²) in [5, 5.41) is 6.38. The second-order valence-corrected chi connectivity index (χ2v) is 4.69. The van der Waals surface area contributed by atoms with Crippen molar-refractivity contribution in [2.24, 2.45) is 0 Å². The molecule has 0 aliphatic heterocycles. The fourth-order valence-corrected chi connectivity index (χ4v) is 1.95. The van der Waals surface area contributed by atoms with Crippen molar-refractivity contribution in [2.45, 2.75) is 6.54 Å². The Morgan fingerprint density at radius 1 is 1.42 bits per heavy atom. The summed E-state index contributed by atoms with van der Waals surface area (Å²) < 4.78 is 10.0. The number of H-pyrrole nitrogens is 1. The molecule has 1 amide bonds. The SMILES string of the molecule is COc1cc(C(=O)NCc2nc(-c3ccc[nH]c3=O)no2)ccn1. The van der Waals surface area contributed by atoms with Crippen LogP contribution in [0.15, 0.2) is 46.0 Å². The van der Waals surface area contributed by atoms with Crippen LogP contribution in [-0.4, -0.2) is 33.1 Å². The topological polar surface area (TPSA) is 123 Å². The fourth-order valence-electron chi connectivity index (χ4n) is 1.95. The van der Waals surface area contributed by atoms with E-state index < -0.39 is 0 Å². The van der Waals surface area contributed by atoms with Crippen molar-refractivity contribution in [3.63, 3.8) is 0 Å². The maximum atomic E-state index is 12.1. The molecular formula is C15H13N5O4. The molecule has 9 nitrogen and oxygen atoms in total. The minimum Gasteiger partial charge on any atom is -0.481 e. The van der Waals surface area contributed by atoms with Crippen LogP contribution >= 0.6 is 0 Å². The molecule has 3 heterocycles. The van der Waals surface area contributed by atoms with Gasteiger partial charge in [0.2, 0.25) is 17.6 Å². The standard InChI is InChI=1S/C15H13N5O4/c1-23-11-7-9(4-6-16-11)14(21)18-8-12-19-13(20-24-12)10-3-2-5-17-15(10)22/h2-7H,8H2,1H3,(H,17,22)(H,18,21). The zero-order valence-corrected chi connectivity index (χ0v) is 12.6. The Labute approximate surface area is 135 Å². The summed E-state index contributed by atoms with van der Waals surface area (Å²) in [5.41, 5.74) is 0.358. The number of carbonyl (C=O) groups is 1. The van der Waals surface area contributed by atoms with Gasteiger partial charge in [-0.1, -0.05) is 5.16 Å². The summed E-state index contributed by atoms with van der Waals surface area (Å²) in [7, 11) is 1.47. The zero-order chi connectivity index (χ0) is 16.9. The normalized spacial score (nSPS) is 10.4. The number of amides is 1. The molecule has 3 aromatic rings. The van der Waals surface area contributed by atoms with Crippen LogP contribution in [0.25, 0.3) is 11.4 Å². The molecule has 0 unspecified atom stereocenters. The van der Waals surface area contributed by atoms with Crippen LogP contribution < -0.4 is 15.6 Å². The monoisotopic (exact) mass is 327 g/mol. The number of aromatic amines is 1. The third-order valence-corrected chi connectivity index (χ3v) is 3.13. The Kier molecular flexibility index (Phi) is 4.32. The first-order chi connectivity index (χ1) is 11.7. The Morgan fingerprint density at radius 3 is 3.08 bits per heavy atom. The van der Waals surface area contributed by atoms with Gasteiger partial charge in [0.1, 0.15) is 0 Å². The minimum atomic E-state index is -0.340. The van der Waals surface area contributed by atoms with E-state index in [-0.39, 0.29) is 35.3 Å². The van der Waals surface area contributed by atoms with Gasteiger partial charge in [0, 0.05) is 24.0 Å². The highest BCUT2D eigenvalue weighted by molar-refractivity contribution is 5.94. The Balaban J connectivity index is 1.68. The quantitative estimate of drug-likeness (QED) is 0.709. The van der Waals surface area contributed by atoms with E-state index in [0.29, 0.717) is 11.4 Å². The summed E-state index contributed by atoms with van der Waals surface area (Å²) >= 11 is 0. The maximum Gasteiger partial charge on any atom is 0.259 e. The van der Waals surface area contributed by atoms with Gasteiger partial charge < -0.3 is 19.6 Å². The van der Waals surface area contributed by atoms with Gasteiger partial charge in [-0.3, -0.25) is 9.59 Å². The lowest BCUT2D eigenvalue weighted by atomic mass is 10.2. The van der Waals surface area contributed by atoms with Gasteiger partial charge in [0.25, 0.3) is 11.5 Å². The molecule has 9 heteroatoms. The molecule has 0 atom stereocenters. The number of ether oxygens (including phenoxy) is 1. The van der Waals surface area contributed by atoms with E-state index in [1.165, 1.54) is 25.6 Å². The molecule has 3 aromatic heterocycles. The number of nitrogens with one attached hydrogen (secondary N) is 2. The Hall–Kier alpha value is -3.49. The van der Waals surface area contributed by atoms with E-state index in [0.717, 1.165) is 0 Å². The van der Waals surface area contributed by atoms with Crippen molar-refractivity contribution in [3.8, 4) is 17.3 Å². The molecule has 0 saturated carbocycles. The first-order valence-corrected chi connectivity index (χ1v) is 6.96. The first-order valence-electron chi connectivity index (χ1n) is 6.96. The molecule has 0 radical (unpaired) electrons. The Morgan fingerprint density at radius 2 is 2.29 bits per heavy atom. The first kappa shape index (κ1) is 15.4. The van der Waals surface area contributed by atoms with Crippen LogP contribution in [0.4, 0.5) is 0 Å². The predicted molar refractivity (Wildman–Crippen MR) is 82.3 cm³/mol. The summed E-state index contributed by atoms with van der Waals surface area (Å²) in [4.78, 5) is 34.3. The van der Waals surface area contributed by atoms with E-state index in [1.54, 1.807) is 18.2 Å². The van der Waals surface area contributed by atoms with Crippen LogP contribution in [0.1, 0.15) is 16.2 Å². The van der Waals surface area contributed by atoms with Crippen molar-refractivity contribution >= 4 is 5.91 Å². The fraction of sp³-hybridized carbons (Fsp3) is 0.133. The van der Waals surface area contributed by atoms with Crippen molar-refractivity contribution in [1.29, 1.82) is 0 Å². The zero-order valence-electron chi connectivity index (χ0n) is 12.6. The molecule has 122 valence electrons. The lowest BCUT2D eigenvalue weighted by Crippen LogP contribution is -2.23. The van der Waals surface area contributed by atoms with Gasteiger partial charge in [-0.2, -0.15) is 4.98 Å². The van der Waals surface area contributed by atoms with Crippen molar-refractivity contribution < 1.29 is 14.1 Å². The van der Waals surface area contributed by atoms with E-state index in [1.807, 2.05) is 0 Å². The van der Waals surface area contributed by atoms with Crippen LogP contribution in [0.2, 0.25) is 0 Å². The number of hydrogen-bond acceptors (Lipinski definition) is 7. The smallest absolute Gasteiger partial charge is 0.259 e. The second kappa shape index (κ2) is 6.73. The summed E-state index contributed by atoms with van der Waals surface area (Å²) in [6, 6.07) is 6.30. The average Bonchev–Trinajstić information content (AvgIpc) is 3.09. The van der Waals surface area contributed by atoms with Crippen molar-refractivity contribution in [2.75, 3.05) is 7.11 Å².